The molecule has 1 aromatic heterocycles. The fourth-order valence-corrected chi connectivity index (χ4v) is 3.60. The zero-order valence-corrected chi connectivity index (χ0v) is 19.3. The van der Waals surface area contributed by atoms with E-state index in [1.54, 1.807) is 13.1 Å². The van der Waals surface area contributed by atoms with Crippen molar-refractivity contribution in [1.82, 2.24) is 4.90 Å². The van der Waals surface area contributed by atoms with E-state index in [1.807, 2.05) is 43.3 Å². The SMILES string of the molecule is Cc1ccc(C(C)(C)C)cc1Cc1ccc(C(=O)N(C)[C@H](C)[C@H](O)c2ccccc2)o1. The molecule has 0 unspecified atom stereocenters. The van der Waals surface area contributed by atoms with Gasteiger partial charge in [0.25, 0.3) is 5.91 Å². The molecule has 3 aromatic rings. The Morgan fingerprint density at radius 2 is 1.74 bits per heavy atom. The van der Waals surface area contributed by atoms with Crippen molar-refractivity contribution in [2.45, 2.75) is 58.6 Å². The molecule has 31 heavy (non-hydrogen) atoms. The van der Waals surface area contributed by atoms with Crippen molar-refractivity contribution in [2.75, 3.05) is 7.05 Å². The summed E-state index contributed by atoms with van der Waals surface area (Å²) < 4.78 is 5.91. The molecule has 0 aliphatic rings. The Morgan fingerprint density at radius 3 is 2.39 bits per heavy atom. The first kappa shape index (κ1) is 22.8. The van der Waals surface area contributed by atoms with Gasteiger partial charge in [-0.3, -0.25) is 4.79 Å². The summed E-state index contributed by atoms with van der Waals surface area (Å²) >= 11 is 0. The molecule has 4 heteroatoms. The van der Waals surface area contributed by atoms with Gasteiger partial charge in [-0.05, 0) is 53.6 Å². The second-order valence-corrected chi connectivity index (χ2v) is 9.35. The van der Waals surface area contributed by atoms with Crippen LogP contribution >= 0.6 is 0 Å². The zero-order chi connectivity index (χ0) is 22.8. The van der Waals surface area contributed by atoms with Crippen LogP contribution < -0.4 is 0 Å². The number of likely N-dealkylation sites (N-methyl/N-ethyl adjacent to an activating group) is 1. The monoisotopic (exact) mass is 419 g/mol. The highest BCUT2D eigenvalue weighted by molar-refractivity contribution is 5.91. The Hall–Kier alpha value is -2.85. The lowest BCUT2D eigenvalue weighted by Crippen LogP contribution is -2.38. The molecule has 0 spiro atoms. The molecule has 0 aliphatic heterocycles. The van der Waals surface area contributed by atoms with Crippen molar-refractivity contribution in [3.05, 3.63) is 94.4 Å². The summed E-state index contributed by atoms with van der Waals surface area (Å²) in [5.74, 6) is 0.797. The lowest BCUT2D eigenvalue weighted by atomic mass is 9.85. The van der Waals surface area contributed by atoms with Gasteiger partial charge in [-0.1, -0.05) is 69.3 Å². The average Bonchev–Trinajstić information content (AvgIpc) is 3.21. The van der Waals surface area contributed by atoms with Crippen LogP contribution in [-0.4, -0.2) is 29.0 Å². The Morgan fingerprint density at radius 1 is 1.06 bits per heavy atom. The maximum atomic E-state index is 13.0. The lowest BCUT2D eigenvalue weighted by molar-refractivity contribution is 0.0460. The highest BCUT2D eigenvalue weighted by Crippen LogP contribution is 2.27. The topological polar surface area (TPSA) is 53.7 Å². The van der Waals surface area contributed by atoms with Gasteiger partial charge in [0.15, 0.2) is 5.76 Å². The van der Waals surface area contributed by atoms with Crippen LogP contribution in [-0.2, 0) is 11.8 Å². The molecular formula is C27H33NO3. The van der Waals surface area contributed by atoms with Crippen molar-refractivity contribution in [2.24, 2.45) is 0 Å². The molecular weight excluding hydrogens is 386 g/mol. The minimum absolute atomic E-state index is 0.0746. The van der Waals surface area contributed by atoms with Crippen LogP contribution in [0.3, 0.4) is 0 Å². The number of nitrogens with zero attached hydrogens (tertiary/aromatic N) is 1. The molecule has 0 aliphatic carbocycles. The second kappa shape index (κ2) is 9.11. The van der Waals surface area contributed by atoms with Crippen molar-refractivity contribution in [3.63, 3.8) is 0 Å². The zero-order valence-electron chi connectivity index (χ0n) is 19.3. The summed E-state index contributed by atoms with van der Waals surface area (Å²) in [6.07, 6.45) is -0.137. The normalized spacial score (nSPS) is 13.6. The molecule has 1 amide bonds. The van der Waals surface area contributed by atoms with Crippen LogP contribution in [0.4, 0.5) is 0 Å². The number of aliphatic hydroxyl groups is 1. The van der Waals surface area contributed by atoms with E-state index in [1.165, 1.54) is 21.6 Å². The molecule has 0 fully saturated rings. The molecule has 4 nitrogen and oxygen atoms in total. The third-order valence-corrected chi connectivity index (χ3v) is 5.98. The van der Waals surface area contributed by atoms with E-state index in [9.17, 15) is 9.90 Å². The first-order valence-electron chi connectivity index (χ1n) is 10.8. The molecule has 0 bridgehead atoms. The van der Waals surface area contributed by atoms with E-state index in [0.29, 0.717) is 6.42 Å². The molecule has 1 heterocycles. The first-order chi connectivity index (χ1) is 14.6. The van der Waals surface area contributed by atoms with Gasteiger partial charge >= 0.3 is 0 Å². The van der Waals surface area contributed by atoms with Gasteiger partial charge < -0.3 is 14.4 Å². The quantitative estimate of drug-likeness (QED) is 0.560. The Balaban J connectivity index is 1.74. The van der Waals surface area contributed by atoms with E-state index >= 15 is 0 Å². The predicted octanol–water partition coefficient (Wildman–Crippen LogP) is 5.67. The summed E-state index contributed by atoms with van der Waals surface area (Å²) in [6, 6.07) is 19.1. The number of carbonyl (C=O) groups is 1. The average molecular weight is 420 g/mol. The number of carbonyl (C=O) groups excluding carboxylic acids is 1. The van der Waals surface area contributed by atoms with Gasteiger partial charge in [0.1, 0.15) is 5.76 Å². The highest BCUT2D eigenvalue weighted by atomic mass is 16.4. The predicted molar refractivity (Wildman–Crippen MR) is 124 cm³/mol. The fraction of sp³-hybridized carbons (Fsp3) is 0.370. The number of aliphatic hydroxyl groups excluding tert-OH is 1. The van der Waals surface area contributed by atoms with Gasteiger partial charge in [-0.25, -0.2) is 0 Å². The molecule has 2 atom stereocenters. The first-order valence-corrected chi connectivity index (χ1v) is 10.8. The van der Waals surface area contributed by atoms with E-state index < -0.39 is 12.1 Å². The maximum Gasteiger partial charge on any atom is 0.289 e. The summed E-state index contributed by atoms with van der Waals surface area (Å²) in [7, 11) is 1.69. The Labute approximate surface area is 185 Å². The summed E-state index contributed by atoms with van der Waals surface area (Å²) in [6.45, 7) is 10.5. The standard InChI is InChI=1S/C27H33NO3/c1-18-12-13-22(27(3,4)5)16-21(18)17-23-14-15-24(31-23)26(30)28(6)19(2)25(29)20-10-8-7-9-11-20/h7-16,19,25,29H,17H2,1-6H3/t19-,25+/m1/s1. The molecule has 0 radical (unpaired) electrons. The largest absolute Gasteiger partial charge is 0.456 e. The highest BCUT2D eigenvalue weighted by Gasteiger charge is 2.26. The van der Waals surface area contributed by atoms with Gasteiger partial charge in [-0.2, -0.15) is 0 Å². The Bertz CT molecular complexity index is 1030. The third-order valence-electron chi connectivity index (χ3n) is 5.98. The number of hydrogen-bond donors (Lipinski definition) is 1. The minimum Gasteiger partial charge on any atom is -0.456 e. The van der Waals surface area contributed by atoms with Gasteiger partial charge in [0.05, 0.1) is 12.1 Å². The number of aryl methyl sites for hydroxylation is 1. The third kappa shape index (κ3) is 5.26. The van der Waals surface area contributed by atoms with E-state index in [0.717, 1.165) is 11.3 Å². The van der Waals surface area contributed by atoms with Crippen LogP contribution in [0.2, 0.25) is 0 Å². The van der Waals surface area contributed by atoms with Crippen molar-refractivity contribution < 1.29 is 14.3 Å². The van der Waals surface area contributed by atoms with Crippen molar-refractivity contribution >= 4 is 5.91 Å². The van der Waals surface area contributed by atoms with Gasteiger partial charge in [0, 0.05) is 13.5 Å². The molecule has 1 N–H and O–H groups in total. The van der Waals surface area contributed by atoms with E-state index in [-0.39, 0.29) is 17.1 Å². The van der Waals surface area contributed by atoms with Crippen LogP contribution in [0.15, 0.2) is 65.1 Å². The van der Waals surface area contributed by atoms with Crippen LogP contribution in [0.1, 0.15) is 72.4 Å². The number of rotatable bonds is 6. The molecule has 3 rings (SSSR count). The summed E-state index contributed by atoms with van der Waals surface area (Å²) in [4.78, 5) is 14.5. The number of benzene rings is 2. The molecule has 0 saturated carbocycles. The van der Waals surface area contributed by atoms with Crippen LogP contribution in [0, 0.1) is 6.92 Å². The summed E-state index contributed by atoms with van der Waals surface area (Å²) in [5, 5.41) is 10.7. The Kier molecular flexibility index (Phi) is 6.71. The number of hydrogen-bond acceptors (Lipinski definition) is 3. The maximum absolute atomic E-state index is 13.0. The number of amides is 1. The van der Waals surface area contributed by atoms with Crippen molar-refractivity contribution in [3.8, 4) is 0 Å². The number of furan rings is 1. The van der Waals surface area contributed by atoms with Gasteiger partial charge in [0.2, 0.25) is 0 Å². The lowest BCUT2D eigenvalue weighted by Gasteiger charge is -2.28. The van der Waals surface area contributed by atoms with E-state index in [2.05, 4.69) is 45.9 Å². The van der Waals surface area contributed by atoms with Crippen molar-refractivity contribution in [1.29, 1.82) is 0 Å². The van der Waals surface area contributed by atoms with Crippen LogP contribution in [0.25, 0.3) is 0 Å². The molecule has 0 saturated heterocycles. The van der Waals surface area contributed by atoms with Gasteiger partial charge in [-0.15, -0.1) is 0 Å². The minimum atomic E-state index is -0.771. The molecule has 164 valence electrons. The fourth-order valence-electron chi connectivity index (χ4n) is 3.60. The smallest absolute Gasteiger partial charge is 0.289 e. The molecule has 2 aromatic carbocycles. The summed E-state index contributed by atoms with van der Waals surface area (Å²) in [5.41, 5.74) is 4.53. The van der Waals surface area contributed by atoms with E-state index in [4.69, 9.17) is 4.42 Å². The van der Waals surface area contributed by atoms with Crippen LogP contribution in [0.5, 0.6) is 0 Å². The second-order valence-electron chi connectivity index (χ2n) is 9.35.